The van der Waals surface area contributed by atoms with E-state index in [0.717, 1.165) is 12.8 Å². The van der Waals surface area contributed by atoms with E-state index in [0.29, 0.717) is 15.7 Å². The first-order valence-corrected chi connectivity index (χ1v) is 6.92. The second kappa shape index (κ2) is 6.43. The first-order chi connectivity index (χ1) is 9.45. The second-order valence-corrected chi connectivity index (χ2v) is 5.55. The van der Waals surface area contributed by atoms with Crippen LogP contribution in [0.25, 0.3) is 0 Å². The van der Waals surface area contributed by atoms with Crippen LogP contribution in [0.1, 0.15) is 12.8 Å². The lowest BCUT2D eigenvalue weighted by Crippen LogP contribution is -2.38. The molecule has 0 radical (unpaired) electrons. The third-order valence-electron chi connectivity index (χ3n) is 2.95. The second-order valence-electron chi connectivity index (χ2n) is 4.70. The molecule has 7 heteroatoms. The van der Waals surface area contributed by atoms with Gasteiger partial charge in [-0.3, -0.25) is 14.5 Å². The summed E-state index contributed by atoms with van der Waals surface area (Å²) in [7, 11) is 0. The number of carbonyl (C=O) groups excluding carboxylic acids is 1. The summed E-state index contributed by atoms with van der Waals surface area (Å²) in [6.07, 6.45) is 1.86. The lowest BCUT2D eigenvalue weighted by atomic mass is 10.3. The van der Waals surface area contributed by atoms with Crippen LogP contribution in [-0.2, 0) is 9.59 Å². The van der Waals surface area contributed by atoms with E-state index in [2.05, 4.69) is 5.32 Å². The van der Waals surface area contributed by atoms with Crippen LogP contribution in [0.15, 0.2) is 18.2 Å². The number of carboxylic acids is 1. The molecule has 0 spiro atoms. The fraction of sp³-hybridized carbons (Fsp3) is 0.385. The minimum atomic E-state index is -0.939. The van der Waals surface area contributed by atoms with E-state index in [4.69, 9.17) is 28.3 Å². The van der Waals surface area contributed by atoms with Gasteiger partial charge in [0, 0.05) is 11.1 Å². The predicted molar refractivity (Wildman–Crippen MR) is 77.3 cm³/mol. The molecule has 1 aliphatic rings. The Hall–Kier alpha value is -1.30. The lowest BCUT2D eigenvalue weighted by molar-refractivity contribution is -0.138. The Morgan fingerprint density at radius 3 is 2.60 bits per heavy atom. The number of amides is 1. The van der Waals surface area contributed by atoms with E-state index in [1.54, 1.807) is 23.1 Å². The van der Waals surface area contributed by atoms with Crippen LogP contribution < -0.4 is 5.32 Å². The van der Waals surface area contributed by atoms with Gasteiger partial charge in [0.25, 0.3) is 0 Å². The van der Waals surface area contributed by atoms with Crippen LogP contribution in [0.2, 0.25) is 10.0 Å². The molecule has 0 saturated heterocycles. The van der Waals surface area contributed by atoms with Crippen molar-refractivity contribution in [1.29, 1.82) is 0 Å². The molecule has 1 aromatic carbocycles. The van der Waals surface area contributed by atoms with Gasteiger partial charge in [-0.1, -0.05) is 23.2 Å². The molecular formula is C13H14Cl2N2O3. The molecule has 20 heavy (non-hydrogen) atoms. The molecule has 0 aromatic heterocycles. The minimum absolute atomic E-state index is 0.0276. The summed E-state index contributed by atoms with van der Waals surface area (Å²) in [6.45, 7) is -0.110. The van der Waals surface area contributed by atoms with Crippen molar-refractivity contribution in [2.24, 2.45) is 0 Å². The third-order valence-corrected chi connectivity index (χ3v) is 3.52. The van der Waals surface area contributed by atoms with Crippen molar-refractivity contribution in [1.82, 2.24) is 4.90 Å². The van der Waals surface area contributed by atoms with E-state index < -0.39 is 5.97 Å². The molecule has 108 valence electrons. The number of carbonyl (C=O) groups is 2. The van der Waals surface area contributed by atoms with Gasteiger partial charge >= 0.3 is 5.97 Å². The Bertz CT molecular complexity index is 532. The van der Waals surface area contributed by atoms with Gasteiger partial charge in [0.1, 0.15) is 0 Å². The highest BCUT2D eigenvalue weighted by Gasteiger charge is 2.31. The van der Waals surface area contributed by atoms with Crippen molar-refractivity contribution in [2.45, 2.75) is 18.9 Å². The molecule has 1 fully saturated rings. The summed E-state index contributed by atoms with van der Waals surface area (Å²) in [5, 5.41) is 12.3. The predicted octanol–water partition coefficient (Wildman–Crippen LogP) is 2.48. The molecular weight excluding hydrogens is 303 g/mol. The Balaban J connectivity index is 1.96. The maximum Gasteiger partial charge on any atom is 0.317 e. The lowest BCUT2D eigenvalue weighted by Gasteiger charge is -2.19. The van der Waals surface area contributed by atoms with E-state index >= 15 is 0 Å². The molecule has 2 N–H and O–H groups in total. The van der Waals surface area contributed by atoms with Crippen molar-refractivity contribution in [2.75, 3.05) is 18.4 Å². The number of anilines is 1. The van der Waals surface area contributed by atoms with Crippen LogP contribution in [0, 0.1) is 0 Å². The minimum Gasteiger partial charge on any atom is -0.480 e. The largest absolute Gasteiger partial charge is 0.480 e. The number of aliphatic carboxylic acids is 1. The summed E-state index contributed by atoms with van der Waals surface area (Å²) >= 11 is 11.8. The summed E-state index contributed by atoms with van der Waals surface area (Å²) in [6, 6.07) is 4.96. The maximum absolute atomic E-state index is 12.0. The Morgan fingerprint density at radius 2 is 2.00 bits per heavy atom. The number of rotatable bonds is 6. The summed E-state index contributed by atoms with van der Waals surface area (Å²) in [5.41, 5.74) is 0.426. The van der Waals surface area contributed by atoms with Crippen molar-refractivity contribution in [3.05, 3.63) is 28.2 Å². The fourth-order valence-corrected chi connectivity index (χ4v) is 2.23. The Morgan fingerprint density at radius 1 is 1.30 bits per heavy atom. The number of nitrogens with zero attached hydrogens (tertiary/aromatic N) is 1. The summed E-state index contributed by atoms with van der Waals surface area (Å²) in [4.78, 5) is 24.4. The van der Waals surface area contributed by atoms with Crippen LogP contribution in [0.4, 0.5) is 5.69 Å². The molecule has 1 saturated carbocycles. The number of halogens is 2. The fourth-order valence-electron chi connectivity index (χ4n) is 1.89. The number of hydrogen-bond donors (Lipinski definition) is 2. The van der Waals surface area contributed by atoms with Gasteiger partial charge in [0.2, 0.25) is 5.91 Å². The first kappa shape index (κ1) is 15.1. The Labute approximate surface area is 126 Å². The number of hydrogen-bond acceptors (Lipinski definition) is 3. The van der Waals surface area contributed by atoms with Crippen LogP contribution in [-0.4, -0.2) is 41.0 Å². The van der Waals surface area contributed by atoms with Crippen molar-refractivity contribution < 1.29 is 14.7 Å². The smallest absolute Gasteiger partial charge is 0.317 e. The normalized spacial score (nSPS) is 14.3. The van der Waals surface area contributed by atoms with Crippen molar-refractivity contribution in [3.63, 3.8) is 0 Å². The summed E-state index contributed by atoms with van der Waals surface area (Å²) in [5.74, 6) is -1.24. The van der Waals surface area contributed by atoms with E-state index in [1.165, 1.54) is 0 Å². The number of carboxylic acid groups (broad SMARTS) is 1. The van der Waals surface area contributed by atoms with Crippen LogP contribution >= 0.6 is 23.2 Å². The highest BCUT2D eigenvalue weighted by Crippen LogP contribution is 2.27. The molecule has 0 atom stereocenters. The molecule has 5 nitrogen and oxygen atoms in total. The van der Waals surface area contributed by atoms with Gasteiger partial charge < -0.3 is 10.4 Å². The monoisotopic (exact) mass is 316 g/mol. The average Bonchev–Trinajstić information content (AvgIpc) is 3.16. The molecule has 2 rings (SSSR count). The average molecular weight is 317 g/mol. The Kier molecular flexibility index (Phi) is 4.86. The molecule has 1 amide bonds. The SMILES string of the molecule is O=C(O)CN(CC(=O)Nc1cc(Cl)ccc1Cl)C1CC1. The van der Waals surface area contributed by atoms with E-state index in [9.17, 15) is 9.59 Å². The van der Waals surface area contributed by atoms with Gasteiger partial charge in [-0.25, -0.2) is 0 Å². The van der Waals surface area contributed by atoms with Gasteiger partial charge in [-0.15, -0.1) is 0 Å². The van der Waals surface area contributed by atoms with Crippen LogP contribution in [0.3, 0.4) is 0 Å². The first-order valence-electron chi connectivity index (χ1n) is 6.16. The van der Waals surface area contributed by atoms with E-state index in [-0.39, 0.29) is 25.0 Å². The van der Waals surface area contributed by atoms with Crippen molar-refractivity contribution in [3.8, 4) is 0 Å². The van der Waals surface area contributed by atoms with Gasteiger partial charge in [-0.2, -0.15) is 0 Å². The third kappa shape index (κ3) is 4.37. The number of nitrogens with one attached hydrogen (secondary N) is 1. The molecule has 0 bridgehead atoms. The quantitative estimate of drug-likeness (QED) is 0.846. The molecule has 0 aliphatic heterocycles. The molecule has 0 heterocycles. The zero-order valence-corrected chi connectivity index (χ0v) is 12.1. The molecule has 1 aromatic rings. The molecule has 1 aliphatic carbocycles. The topological polar surface area (TPSA) is 69.6 Å². The summed E-state index contributed by atoms with van der Waals surface area (Å²) < 4.78 is 0. The van der Waals surface area contributed by atoms with Gasteiger partial charge in [0.05, 0.1) is 23.8 Å². The maximum atomic E-state index is 12.0. The zero-order valence-electron chi connectivity index (χ0n) is 10.6. The zero-order chi connectivity index (χ0) is 14.7. The number of benzene rings is 1. The van der Waals surface area contributed by atoms with Gasteiger partial charge in [-0.05, 0) is 31.0 Å². The van der Waals surface area contributed by atoms with Crippen LogP contribution in [0.5, 0.6) is 0 Å². The van der Waals surface area contributed by atoms with Gasteiger partial charge in [0.15, 0.2) is 0 Å². The standard InChI is InChI=1S/C13H14Cl2N2O3/c14-8-1-4-10(15)11(5-8)16-12(18)6-17(7-13(19)20)9-2-3-9/h1,4-5,9H,2-3,6-7H2,(H,16,18)(H,19,20). The molecule has 0 unspecified atom stereocenters. The highest BCUT2D eigenvalue weighted by molar-refractivity contribution is 6.35. The van der Waals surface area contributed by atoms with Crippen molar-refractivity contribution >= 4 is 40.8 Å². The van der Waals surface area contributed by atoms with E-state index in [1.807, 2.05) is 0 Å². The highest BCUT2D eigenvalue weighted by atomic mass is 35.5.